The summed E-state index contributed by atoms with van der Waals surface area (Å²) < 4.78 is 36.4. The number of hydrogen-bond acceptors (Lipinski definition) is 5. The summed E-state index contributed by atoms with van der Waals surface area (Å²) in [6, 6.07) is 28.0. The normalized spacial score (nSPS) is 13.9. The van der Waals surface area contributed by atoms with Crippen molar-refractivity contribution in [3.05, 3.63) is 124 Å². The second-order valence-corrected chi connectivity index (χ2v) is 15.1. The van der Waals surface area contributed by atoms with Crippen molar-refractivity contribution >= 4 is 43.5 Å². The maximum Gasteiger partial charge on any atom is 0.264 e. The first kappa shape index (κ1) is 35.2. The lowest BCUT2D eigenvalue weighted by molar-refractivity contribution is -0.140. The third kappa shape index (κ3) is 8.65. The first-order valence-electron chi connectivity index (χ1n) is 16.2. The number of hydrogen-bond donors (Lipinski definition) is 1. The molecule has 1 fully saturated rings. The van der Waals surface area contributed by atoms with Crippen LogP contribution in [0.15, 0.2) is 106 Å². The molecule has 1 aliphatic carbocycles. The molecule has 48 heavy (non-hydrogen) atoms. The second kappa shape index (κ2) is 15.8. The number of anilines is 1. The molecule has 0 bridgehead atoms. The minimum absolute atomic E-state index is 0.0374. The number of carbonyl (C=O) groups excluding carboxylic acids is 2. The molecule has 252 valence electrons. The molecule has 0 saturated heterocycles. The van der Waals surface area contributed by atoms with E-state index < -0.39 is 28.5 Å². The highest BCUT2D eigenvalue weighted by molar-refractivity contribution is 9.10. The number of methoxy groups -OCH3 is 1. The Morgan fingerprint density at radius 2 is 1.52 bits per heavy atom. The van der Waals surface area contributed by atoms with Crippen LogP contribution in [0.5, 0.6) is 5.75 Å². The lowest BCUT2D eigenvalue weighted by Crippen LogP contribution is -2.54. The van der Waals surface area contributed by atoms with Gasteiger partial charge in [0.2, 0.25) is 11.8 Å². The predicted molar refractivity (Wildman–Crippen MR) is 192 cm³/mol. The Labute approximate surface area is 292 Å². The van der Waals surface area contributed by atoms with Crippen molar-refractivity contribution in [2.75, 3.05) is 18.0 Å². The van der Waals surface area contributed by atoms with Crippen molar-refractivity contribution in [1.29, 1.82) is 0 Å². The maximum absolute atomic E-state index is 14.8. The van der Waals surface area contributed by atoms with Crippen LogP contribution in [0, 0.1) is 13.8 Å². The fourth-order valence-electron chi connectivity index (χ4n) is 6.05. The fourth-order valence-corrected chi connectivity index (χ4v) is 7.73. The van der Waals surface area contributed by atoms with Crippen LogP contribution in [0.3, 0.4) is 0 Å². The molecule has 5 rings (SSSR count). The molecule has 1 aliphatic rings. The van der Waals surface area contributed by atoms with Gasteiger partial charge in [0.15, 0.2) is 0 Å². The van der Waals surface area contributed by atoms with Crippen LogP contribution in [0.1, 0.15) is 47.9 Å². The van der Waals surface area contributed by atoms with E-state index >= 15 is 0 Å². The van der Waals surface area contributed by atoms with Crippen LogP contribution in [-0.2, 0) is 32.6 Å². The van der Waals surface area contributed by atoms with E-state index in [1.54, 1.807) is 24.3 Å². The van der Waals surface area contributed by atoms with E-state index in [4.69, 9.17) is 4.74 Å². The van der Waals surface area contributed by atoms with E-state index in [0.717, 1.165) is 56.7 Å². The molecule has 0 radical (unpaired) electrons. The summed E-state index contributed by atoms with van der Waals surface area (Å²) in [7, 11) is -2.78. The minimum atomic E-state index is -4.25. The Balaban J connectivity index is 1.60. The fraction of sp³-hybridized carbons (Fsp3) is 0.316. The summed E-state index contributed by atoms with van der Waals surface area (Å²) >= 11 is 3.48. The Hall–Kier alpha value is -4.15. The quantitative estimate of drug-likeness (QED) is 0.160. The van der Waals surface area contributed by atoms with Gasteiger partial charge in [0, 0.05) is 23.5 Å². The van der Waals surface area contributed by atoms with Crippen LogP contribution >= 0.6 is 15.9 Å². The van der Waals surface area contributed by atoms with Gasteiger partial charge in [0.25, 0.3) is 10.0 Å². The summed E-state index contributed by atoms with van der Waals surface area (Å²) in [5, 5.41) is 3.21. The minimum Gasteiger partial charge on any atom is -0.495 e. The Morgan fingerprint density at radius 3 is 2.17 bits per heavy atom. The van der Waals surface area contributed by atoms with E-state index in [1.807, 2.05) is 74.5 Å². The molecule has 1 atom stereocenters. The molecular formula is C38H42BrN3O5S. The summed E-state index contributed by atoms with van der Waals surface area (Å²) in [5.74, 6) is -0.458. The number of ether oxygens (including phenoxy) is 1. The monoisotopic (exact) mass is 731 g/mol. The molecule has 2 amide bonds. The van der Waals surface area contributed by atoms with Gasteiger partial charge in [0.05, 0.1) is 17.7 Å². The van der Waals surface area contributed by atoms with Gasteiger partial charge in [-0.3, -0.25) is 13.9 Å². The van der Waals surface area contributed by atoms with Gasteiger partial charge in [-0.15, -0.1) is 0 Å². The van der Waals surface area contributed by atoms with Gasteiger partial charge >= 0.3 is 0 Å². The van der Waals surface area contributed by atoms with Crippen molar-refractivity contribution < 1.29 is 22.7 Å². The van der Waals surface area contributed by atoms with Gasteiger partial charge in [-0.1, -0.05) is 95.0 Å². The van der Waals surface area contributed by atoms with Crippen LogP contribution in [0.25, 0.3) is 0 Å². The first-order valence-corrected chi connectivity index (χ1v) is 18.4. The highest BCUT2D eigenvalue weighted by Gasteiger charge is 2.36. The van der Waals surface area contributed by atoms with Gasteiger partial charge in [-0.05, 0) is 79.8 Å². The molecule has 0 spiro atoms. The molecule has 0 aromatic heterocycles. The number of nitrogens with zero attached hydrogens (tertiary/aromatic N) is 2. The number of aryl methyl sites for hydroxylation is 2. The molecule has 4 aromatic rings. The average molecular weight is 733 g/mol. The van der Waals surface area contributed by atoms with Crippen LogP contribution in [-0.4, -0.2) is 50.9 Å². The zero-order chi connectivity index (χ0) is 34.3. The number of sulfonamides is 1. The molecule has 0 aliphatic heterocycles. The third-order valence-corrected chi connectivity index (χ3v) is 11.0. The lowest BCUT2D eigenvalue weighted by atomic mass is 10.0. The van der Waals surface area contributed by atoms with Crippen LogP contribution < -0.4 is 14.4 Å². The maximum atomic E-state index is 14.8. The topological polar surface area (TPSA) is 96.0 Å². The lowest BCUT2D eigenvalue weighted by Gasteiger charge is -2.34. The number of halogens is 1. The second-order valence-electron chi connectivity index (χ2n) is 12.3. The van der Waals surface area contributed by atoms with Crippen LogP contribution in [0.4, 0.5) is 5.69 Å². The molecular weight excluding hydrogens is 690 g/mol. The predicted octanol–water partition coefficient (Wildman–Crippen LogP) is 6.97. The molecule has 0 unspecified atom stereocenters. The van der Waals surface area contributed by atoms with E-state index in [9.17, 15) is 18.0 Å². The Morgan fingerprint density at radius 1 is 0.875 bits per heavy atom. The molecule has 10 heteroatoms. The number of benzene rings is 4. The zero-order valence-electron chi connectivity index (χ0n) is 27.6. The smallest absolute Gasteiger partial charge is 0.264 e. The number of amides is 2. The van der Waals surface area contributed by atoms with Gasteiger partial charge in [0.1, 0.15) is 18.3 Å². The van der Waals surface area contributed by atoms with Gasteiger partial charge in [-0.25, -0.2) is 8.42 Å². The van der Waals surface area contributed by atoms with Crippen LogP contribution in [0.2, 0.25) is 0 Å². The molecule has 1 saturated carbocycles. The van der Waals surface area contributed by atoms with Crippen molar-refractivity contribution in [2.45, 2.75) is 69.5 Å². The molecule has 8 nitrogen and oxygen atoms in total. The highest BCUT2D eigenvalue weighted by Crippen LogP contribution is 2.34. The molecule has 1 N–H and O–H groups in total. The molecule has 0 heterocycles. The number of rotatable bonds is 13. The standard InChI is InChI=1S/C38H42BrN3O5S/c1-27-13-20-33(21-14-27)48(45,46)42(34-23-28(2)15-22-36(34)47-3)26-37(43)41(25-30-16-18-31(39)19-17-30)35(24-29-9-5-4-6-10-29)38(44)40-32-11-7-8-12-32/h4-6,9-10,13-23,32,35H,7-8,11-12,24-26H2,1-3H3,(H,40,44)/t35-/m0/s1. The largest absolute Gasteiger partial charge is 0.495 e. The van der Waals surface area contributed by atoms with Crippen molar-refractivity contribution in [3.8, 4) is 5.75 Å². The average Bonchev–Trinajstić information content (AvgIpc) is 3.59. The summed E-state index contributed by atoms with van der Waals surface area (Å²) in [4.78, 5) is 30.5. The summed E-state index contributed by atoms with van der Waals surface area (Å²) in [6.07, 6.45) is 4.13. The SMILES string of the molecule is COc1ccc(C)cc1N(CC(=O)N(Cc1ccc(Br)cc1)[C@@H](Cc1ccccc1)C(=O)NC1CCCC1)S(=O)(=O)c1ccc(C)cc1. The summed E-state index contributed by atoms with van der Waals surface area (Å²) in [5.41, 5.74) is 3.64. The molecule has 4 aromatic carbocycles. The Bertz CT molecular complexity index is 1810. The van der Waals surface area contributed by atoms with E-state index in [-0.39, 0.29) is 35.5 Å². The summed E-state index contributed by atoms with van der Waals surface area (Å²) in [6.45, 7) is 3.29. The number of nitrogens with one attached hydrogen (secondary N) is 1. The van der Waals surface area contributed by atoms with E-state index in [0.29, 0.717) is 5.75 Å². The van der Waals surface area contributed by atoms with Gasteiger partial charge < -0.3 is 15.0 Å². The zero-order valence-corrected chi connectivity index (χ0v) is 30.0. The van der Waals surface area contributed by atoms with E-state index in [2.05, 4.69) is 21.2 Å². The third-order valence-electron chi connectivity index (χ3n) is 8.73. The first-order chi connectivity index (χ1) is 23.0. The van der Waals surface area contributed by atoms with E-state index in [1.165, 1.54) is 24.1 Å². The highest BCUT2D eigenvalue weighted by atomic mass is 79.9. The van der Waals surface area contributed by atoms with Crippen molar-refractivity contribution in [3.63, 3.8) is 0 Å². The van der Waals surface area contributed by atoms with Gasteiger partial charge in [-0.2, -0.15) is 0 Å². The van der Waals surface area contributed by atoms with Crippen molar-refractivity contribution in [2.24, 2.45) is 0 Å². The van der Waals surface area contributed by atoms with Crippen molar-refractivity contribution in [1.82, 2.24) is 10.2 Å². The Kier molecular flexibility index (Phi) is 11.6. The number of carbonyl (C=O) groups is 2.